The molecule has 0 atom stereocenters. The zero-order valence-corrected chi connectivity index (χ0v) is 14.9. The highest BCUT2D eigenvalue weighted by Gasteiger charge is 2.18. The minimum atomic E-state index is -0.621. The van der Waals surface area contributed by atoms with Crippen LogP contribution >= 0.6 is 0 Å². The normalized spacial score (nSPS) is 10.9. The third kappa shape index (κ3) is 3.03. The van der Waals surface area contributed by atoms with Crippen molar-refractivity contribution in [3.8, 4) is 0 Å². The Kier molecular flexibility index (Phi) is 4.71. The summed E-state index contributed by atoms with van der Waals surface area (Å²) in [6.07, 6.45) is 0. The molecule has 0 aliphatic rings. The Balaban J connectivity index is 2.35. The second-order valence-corrected chi connectivity index (χ2v) is 5.96. The molecule has 3 rings (SSSR count). The first-order valence-corrected chi connectivity index (χ1v) is 8.30. The van der Waals surface area contributed by atoms with E-state index in [1.54, 1.807) is 25.5 Å². The summed E-state index contributed by atoms with van der Waals surface area (Å²) in [5.74, 6) is -0.0866. The molecule has 134 valence electrons. The molecule has 0 aliphatic carbocycles. The summed E-state index contributed by atoms with van der Waals surface area (Å²) in [5.41, 5.74) is 1.08. The number of aryl methyl sites for hydroxylation is 1. The van der Waals surface area contributed by atoms with Gasteiger partial charge in [-0.05, 0) is 25.5 Å². The summed E-state index contributed by atoms with van der Waals surface area (Å²) < 4.78 is 8.05. The van der Waals surface area contributed by atoms with Gasteiger partial charge in [0.2, 0.25) is 0 Å². The standard InChI is InChI=1S/C19H20N4O3/c1-4-26-19(25)14-10-15-17(21-12(2)22(3)18(15)24)23(16(14)20)11-13-8-6-5-7-9-13/h5-10,20H,4,11H2,1-3H3. The van der Waals surface area contributed by atoms with Crippen LogP contribution in [0.1, 0.15) is 28.7 Å². The number of hydrogen-bond acceptors (Lipinski definition) is 5. The first kappa shape index (κ1) is 17.6. The molecule has 2 aromatic heterocycles. The van der Waals surface area contributed by atoms with Crippen molar-refractivity contribution in [2.75, 3.05) is 6.61 Å². The fourth-order valence-corrected chi connectivity index (χ4v) is 2.79. The maximum Gasteiger partial charge on any atom is 0.341 e. The van der Waals surface area contributed by atoms with Gasteiger partial charge in [0.15, 0.2) is 0 Å². The number of ether oxygens (including phenoxy) is 1. The van der Waals surface area contributed by atoms with E-state index in [9.17, 15) is 9.59 Å². The third-order valence-electron chi connectivity index (χ3n) is 4.28. The summed E-state index contributed by atoms with van der Waals surface area (Å²) in [4.78, 5) is 29.5. The highest BCUT2D eigenvalue weighted by molar-refractivity contribution is 5.92. The van der Waals surface area contributed by atoms with Gasteiger partial charge in [0.05, 0.1) is 18.5 Å². The Labute approximate surface area is 150 Å². The zero-order chi connectivity index (χ0) is 18.8. The van der Waals surface area contributed by atoms with Crippen LogP contribution in [0.4, 0.5) is 0 Å². The average Bonchev–Trinajstić information content (AvgIpc) is 2.63. The topological polar surface area (TPSA) is 90.0 Å². The lowest BCUT2D eigenvalue weighted by Gasteiger charge is -2.15. The van der Waals surface area contributed by atoms with Crippen molar-refractivity contribution in [1.29, 1.82) is 5.41 Å². The predicted octanol–water partition coefficient (Wildman–Crippen LogP) is 1.75. The molecule has 3 aromatic rings. The summed E-state index contributed by atoms with van der Waals surface area (Å²) >= 11 is 0. The van der Waals surface area contributed by atoms with E-state index in [1.165, 1.54) is 10.6 Å². The van der Waals surface area contributed by atoms with Crippen molar-refractivity contribution in [3.63, 3.8) is 0 Å². The second-order valence-electron chi connectivity index (χ2n) is 5.96. The Morgan fingerprint density at radius 3 is 2.62 bits per heavy atom. The molecule has 0 unspecified atom stereocenters. The number of esters is 1. The smallest absolute Gasteiger partial charge is 0.341 e. The summed E-state index contributed by atoms with van der Waals surface area (Å²) in [5, 5.41) is 8.78. The summed E-state index contributed by atoms with van der Waals surface area (Å²) in [6, 6.07) is 10.9. The van der Waals surface area contributed by atoms with Crippen molar-refractivity contribution in [1.82, 2.24) is 14.1 Å². The molecule has 0 bridgehead atoms. The van der Waals surface area contributed by atoms with Gasteiger partial charge < -0.3 is 9.30 Å². The summed E-state index contributed by atoms with van der Waals surface area (Å²) in [7, 11) is 1.63. The number of carbonyl (C=O) groups is 1. The van der Waals surface area contributed by atoms with Crippen molar-refractivity contribution >= 4 is 17.0 Å². The van der Waals surface area contributed by atoms with E-state index < -0.39 is 5.97 Å². The van der Waals surface area contributed by atoms with Crippen LogP contribution in [0.15, 0.2) is 41.2 Å². The lowest BCUT2D eigenvalue weighted by Crippen LogP contribution is -2.32. The fourth-order valence-electron chi connectivity index (χ4n) is 2.79. The maximum absolute atomic E-state index is 12.7. The van der Waals surface area contributed by atoms with E-state index >= 15 is 0 Å². The molecule has 1 N–H and O–H groups in total. The number of carbonyl (C=O) groups excluding carboxylic acids is 1. The number of rotatable bonds is 4. The number of aromatic nitrogens is 3. The molecule has 0 saturated heterocycles. The number of nitrogens with zero attached hydrogens (tertiary/aromatic N) is 3. The van der Waals surface area contributed by atoms with E-state index in [1.807, 2.05) is 30.3 Å². The van der Waals surface area contributed by atoms with Crippen molar-refractivity contribution in [2.24, 2.45) is 7.05 Å². The van der Waals surface area contributed by atoms with Gasteiger partial charge >= 0.3 is 5.97 Å². The SMILES string of the molecule is CCOC(=O)c1cc2c(=O)n(C)c(C)nc2n(Cc2ccccc2)c1=N. The van der Waals surface area contributed by atoms with Gasteiger partial charge in [-0.2, -0.15) is 0 Å². The highest BCUT2D eigenvalue weighted by atomic mass is 16.5. The number of benzene rings is 1. The molecule has 2 heterocycles. The van der Waals surface area contributed by atoms with E-state index in [4.69, 9.17) is 10.1 Å². The van der Waals surface area contributed by atoms with E-state index in [0.29, 0.717) is 18.0 Å². The van der Waals surface area contributed by atoms with Gasteiger partial charge in [0.25, 0.3) is 5.56 Å². The van der Waals surface area contributed by atoms with Crippen LogP contribution < -0.4 is 11.0 Å². The Hall–Kier alpha value is -3.22. The minimum absolute atomic E-state index is 0.0278. The van der Waals surface area contributed by atoms with Crippen LogP contribution in [-0.4, -0.2) is 26.7 Å². The van der Waals surface area contributed by atoms with Crippen LogP contribution in [0.25, 0.3) is 11.0 Å². The first-order valence-electron chi connectivity index (χ1n) is 8.30. The number of fused-ring (bicyclic) bond motifs is 1. The molecule has 0 aliphatic heterocycles. The average molecular weight is 352 g/mol. The maximum atomic E-state index is 12.7. The monoisotopic (exact) mass is 352 g/mol. The Bertz CT molecular complexity index is 1100. The fraction of sp³-hybridized carbons (Fsp3) is 0.263. The van der Waals surface area contributed by atoms with Gasteiger partial charge in [-0.25, -0.2) is 9.78 Å². The largest absolute Gasteiger partial charge is 0.462 e. The molecule has 7 nitrogen and oxygen atoms in total. The minimum Gasteiger partial charge on any atom is -0.462 e. The van der Waals surface area contributed by atoms with Gasteiger partial charge in [-0.1, -0.05) is 30.3 Å². The van der Waals surface area contributed by atoms with Crippen LogP contribution in [0.3, 0.4) is 0 Å². The molecule has 1 aromatic carbocycles. The van der Waals surface area contributed by atoms with Crippen LogP contribution in [-0.2, 0) is 18.3 Å². The molecular weight excluding hydrogens is 332 g/mol. The lowest BCUT2D eigenvalue weighted by molar-refractivity contribution is 0.0523. The lowest BCUT2D eigenvalue weighted by atomic mass is 10.1. The molecule has 0 fully saturated rings. The second kappa shape index (κ2) is 6.95. The van der Waals surface area contributed by atoms with Crippen molar-refractivity contribution in [3.05, 3.63) is 69.2 Å². The van der Waals surface area contributed by atoms with E-state index in [0.717, 1.165) is 5.56 Å². The number of hydrogen-bond donors (Lipinski definition) is 1. The molecule has 7 heteroatoms. The molecule has 0 amide bonds. The van der Waals surface area contributed by atoms with Gasteiger partial charge in [-0.3, -0.25) is 14.8 Å². The highest BCUT2D eigenvalue weighted by Crippen LogP contribution is 2.12. The predicted molar refractivity (Wildman–Crippen MR) is 97.1 cm³/mol. The summed E-state index contributed by atoms with van der Waals surface area (Å²) in [6.45, 7) is 3.95. The zero-order valence-electron chi connectivity index (χ0n) is 14.9. The number of nitrogens with one attached hydrogen (secondary N) is 1. The third-order valence-corrected chi connectivity index (χ3v) is 4.28. The van der Waals surface area contributed by atoms with Gasteiger partial charge in [0, 0.05) is 7.05 Å². The van der Waals surface area contributed by atoms with Crippen LogP contribution in [0, 0.1) is 12.3 Å². The molecule has 0 spiro atoms. The van der Waals surface area contributed by atoms with Gasteiger partial charge in [-0.15, -0.1) is 0 Å². The molecule has 0 radical (unpaired) electrons. The first-order chi connectivity index (χ1) is 12.4. The Morgan fingerprint density at radius 2 is 1.96 bits per heavy atom. The number of pyridine rings is 1. The van der Waals surface area contributed by atoms with Crippen molar-refractivity contribution < 1.29 is 9.53 Å². The Morgan fingerprint density at radius 1 is 1.27 bits per heavy atom. The van der Waals surface area contributed by atoms with Crippen LogP contribution in [0.5, 0.6) is 0 Å². The van der Waals surface area contributed by atoms with Crippen molar-refractivity contribution in [2.45, 2.75) is 20.4 Å². The van der Waals surface area contributed by atoms with Crippen LogP contribution in [0.2, 0.25) is 0 Å². The van der Waals surface area contributed by atoms with E-state index in [-0.39, 0.29) is 28.6 Å². The molecule has 0 saturated carbocycles. The molecule has 26 heavy (non-hydrogen) atoms. The quantitative estimate of drug-likeness (QED) is 0.724. The van der Waals surface area contributed by atoms with Gasteiger partial charge in [0.1, 0.15) is 22.5 Å². The van der Waals surface area contributed by atoms with E-state index in [2.05, 4.69) is 4.98 Å². The molecular formula is C19H20N4O3.